The molecule has 1 aliphatic rings. The summed E-state index contributed by atoms with van der Waals surface area (Å²) >= 11 is 0. The van der Waals surface area contributed by atoms with Crippen LogP contribution in [-0.2, 0) is 30.3 Å². The van der Waals surface area contributed by atoms with Gasteiger partial charge in [-0.15, -0.1) is 0 Å². The van der Waals surface area contributed by atoms with Gasteiger partial charge in [-0.2, -0.15) is 0 Å². The van der Waals surface area contributed by atoms with Crippen molar-refractivity contribution in [1.29, 1.82) is 0 Å². The van der Waals surface area contributed by atoms with Crippen LogP contribution in [0.5, 0.6) is 0 Å². The van der Waals surface area contributed by atoms with E-state index < -0.39 is 19.0 Å². The van der Waals surface area contributed by atoms with Crippen LogP contribution in [0.1, 0.15) is 65.5 Å². The third-order valence-electron chi connectivity index (χ3n) is 7.12. The van der Waals surface area contributed by atoms with Gasteiger partial charge in [0.1, 0.15) is 0 Å². The van der Waals surface area contributed by atoms with Crippen LogP contribution in [0, 0.1) is 18.8 Å². The molecular formula is C37H62BN5O7. The Morgan fingerprint density at radius 3 is 1.80 bits per heavy atom. The molecule has 2 aromatic carbocycles. The average Bonchev–Trinajstić information content (AvgIpc) is 3.07. The fourth-order valence-corrected chi connectivity index (χ4v) is 4.69. The predicted octanol–water partition coefficient (Wildman–Crippen LogP) is 2.50. The second kappa shape index (κ2) is 29.0. The first kappa shape index (κ1) is 46.2. The van der Waals surface area contributed by atoms with Crippen molar-refractivity contribution in [1.82, 2.24) is 26.2 Å². The third kappa shape index (κ3) is 27.1. The van der Waals surface area contributed by atoms with E-state index >= 15 is 0 Å². The zero-order valence-corrected chi connectivity index (χ0v) is 31.2. The molecule has 2 unspecified atom stereocenters. The molecular weight excluding hydrogens is 637 g/mol. The number of carbonyl (C=O) groups excluding carboxylic acids is 4. The van der Waals surface area contributed by atoms with Crippen LogP contribution in [0.3, 0.4) is 0 Å². The molecule has 0 aliphatic carbocycles. The fraction of sp³-hybridized carbons (Fsp3) is 0.568. The van der Waals surface area contributed by atoms with Crippen molar-refractivity contribution < 1.29 is 34.0 Å². The predicted molar refractivity (Wildman–Crippen MR) is 200 cm³/mol. The largest absolute Gasteiger partial charge is 0.475 e. The minimum Gasteiger partial charge on any atom is -0.426 e. The molecule has 1 heterocycles. The maximum Gasteiger partial charge on any atom is 0.475 e. The first-order valence-electron chi connectivity index (χ1n) is 17.5. The Labute approximate surface area is 300 Å². The van der Waals surface area contributed by atoms with Crippen LogP contribution in [-0.4, -0.2) is 104 Å². The van der Waals surface area contributed by atoms with Crippen LogP contribution in [0.2, 0.25) is 0 Å². The molecule has 3 rings (SSSR count). The number of nitrogens with zero attached hydrogens (tertiary/aromatic N) is 1. The summed E-state index contributed by atoms with van der Waals surface area (Å²) in [7, 11) is -1.59. The highest BCUT2D eigenvalue weighted by Crippen LogP contribution is 2.05. The van der Waals surface area contributed by atoms with Gasteiger partial charge in [0.05, 0.1) is 38.8 Å². The van der Waals surface area contributed by atoms with E-state index in [1.54, 1.807) is 0 Å². The van der Waals surface area contributed by atoms with Crippen molar-refractivity contribution in [2.75, 3.05) is 45.9 Å². The fourth-order valence-electron chi connectivity index (χ4n) is 4.69. The van der Waals surface area contributed by atoms with Crippen molar-refractivity contribution in [2.24, 2.45) is 11.8 Å². The van der Waals surface area contributed by atoms with E-state index in [2.05, 4.69) is 85.4 Å². The molecule has 1 aliphatic heterocycles. The number of nitrogens with one attached hydrogen (secondary N) is 4. The topological polar surface area (TPSA) is 169 Å². The first-order chi connectivity index (χ1) is 23.8. The van der Waals surface area contributed by atoms with Gasteiger partial charge >= 0.3 is 7.12 Å². The molecule has 0 saturated carbocycles. The Hall–Kier alpha value is -3.78. The summed E-state index contributed by atoms with van der Waals surface area (Å²) in [5.74, 6) is -0.615. The van der Waals surface area contributed by atoms with E-state index in [0.29, 0.717) is 38.5 Å². The summed E-state index contributed by atoms with van der Waals surface area (Å²) in [5.41, 5.74) is 2.73. The van der Waals surface area contributed by atoms with Crippen LogP contribution >= 0.6 is 0 Å². The standard InChI is InChI=1S/C14H27N3O3.C8H17BN2O4.C8H10.C7H8/c1-11(2)8-12(3)16-13(18)9-15-14(19)10-17-4-6-20-7-5-17;1-6(2)3-7(9(14)15)11-8(13)4-10-5-12;1-2-8-6-4-3-5-7-8;1-7-5-3-2-4-6-7/h11-12H,4-10H2,1-3H3,(H,15,19)(H,16,18);5-7,14-15H,3-4H2,1-2H3,(H,10,12)(H,11,13);3-7H,2H2,1H3;2-6H,1H3. The lowest BCUT2D eigenvalue weighted by Gasteiger charge is -2.25. The van der Waals surface area contributed by atoms with Gasteiger partial charge in [-0.3, -0.25) is 24.1 Å². The maximum atomic E-state index is 11.7. The van der Waals surface area contributed by atoms with Crippen molar-refractivity contribution in [3.8, 4) is 0 Å². The van der Waals surface area contributed by atoms with Gasteiger partial charge in [0.2, 0.25) is 24.1 Å². The molecule has 2 aromatic rings. The number of aryl methyl sites for hydroxylation is 2. The van der Waals surface area contributed by atoms with Gasteiger partial charge in [0.25, 0.3) is 0 Å². The number of carbonyl (C=O) groups is 4. The number of ether oxygens (including phenoxy) is 1. The molecule has 2 atom stereocenters. The van der Waals surface area contributed by atoms with E-state index in [-0.39, 0.29) is 36.9 Å². The summed E-state index contributed by atoms with van der Waals surface area (Å²) in [6.07, 6.45) is 2.95. The van der Waals surface area contributed by atoms with Crippen LogP contribution in [0.15, 0.2) is 60.7 Å². The lowest BCUT2D eigenvalue weighted by molar-refractivity contribution is -0.127. The monoisotopic (exact) mass is 699 g/mol. The average molecular weight is 700 g/mol. The number of morpholine rings is 1. The Morgan fingerprint density at radius 1 is 0.820 bits per heavy atom. The highest BCUT2D eigenvalue weighted by Gasteiger charge is 2.25. The minimum absolute atomic E-state index is 0.0472. The van der Waals surface area contributed by atoms with Crippen LogP contribution in [0.25, 0.3) is 0 Å². The SMILES string of the molecule is CC(C)CC(C)NC(=O)CNC(=O)CN1CCOCC1.CC(C)CC(NC(=O)CNC=O)B(O)O.CCc1ccccc1.Cc1ccccc1. The highest BCUT2D eigenvalue weighted by atomic mass is 16.5. The molecule has 0 spiro atoms. The summed E-state index contributed by atoms with van der Waals surface area (Å²) in [6.45, 7) is 17.4. The Kier molecular flexibility index (Phi) is 26.8. The molecule has 0 radical (unpaired) electrons. The van der Waals surface area contributed by atoms with E-state index in [1.807, 2.05) is 49.9 Å². The lowest BCUT2D eigenvalue weighted by Crippen LogP contribution is -2.49. The van der Waals surface area contributed by atoms with E-state index in [1.165, 1.54) is 11.1 Å². The Morgan fingerprint density at radius 2 is 1.36 bits per heavy atom. The first-order valence-corrected chi connectivity index (χ1v) is 17.5. The van der Waals surface area contributed by atoms with Gasteiger partial charge in [-0.25, -0.2) is 0 Å². The van der Waals surface area contributed by atoms with Gasteiger partial charge in [0.15, 0.2) is 0 Å². The smallest absolute Gasteiger partial charge is 0.426 e. The molecule has 12 nitrogen and oxygen atoms in total. The molecule has 13 heteroatoms. The quantitative estimate of drug-likeness (QED) is 0.122. The minimum atomic E-state index is -1.59. The molecule has 280 valence electrons. The number of hydrogen-bond donors (Lipinski definition) is 6. The molecule has 6 N–H and O–H groups in total. The second-order valence-electron chi connectivity index (χ2n) is 13.0. The molecule has 1 saturated heterocycles. The number of benzene rings is 2. The number of hydrogen-bond acceptors (Lipinski definition) is 8. The lowest BCUT2D eigenvalue weighted by atomic mass is 9.75. The van der Waals surface area contributed by atoms with E-state index in [0.717, 1.165) is 25.9 Å². The van der Waals surface area contributed by atoms with E-state index in [9.17, 15) is 19.2 Å². The molecule has 0 bridgehead atoms. The second-order valence-corrected chi connectivity index (χ2v) is 13.0. The normalized spacial score (nSPS) is 13.4. The molecule has 0 aromatic heterocycles. The number of amides is 4. The Balaban J connectivity index is 0.000000696. The summed E-state index contributed by atoms with van der Waals surface area (Å²) in [5, 5.41) is 28.1. The van der Waals surface area contributed by atoms with Gasteiger partial charge in [-0.05, 0) is 50.5 Å². The summed E-state index contributed by atoms with van der Waals surface area (Å²) in [6, 6.07) is 20.9. The van der Waals surface area contributed by atoms with Crippen molar-refractivity contribution in [2.45, 2.75) is 79.7 Å². The molecule has 50 heavy (non-hydrogen) atoms. The van der Waals surface area contributed by atoms with Crippen LogP contribution in [0.4, 0.5) is 0 Å². The zero-order valence-electron chi connectivity index (χ0n) is 31.2. The Bertz CT molecular complexity index is 1170. The van der Waals surface area contributed by atoms with Crippen molar-refractivity contribution in [3.63, 3.8) is 0 Å². The van der Waals surface area contributed by atoms with E-state index in [4.69, 9.17) is 14.8 Å². The van der Waals surface area contributed by atoms with Crippen LogP contribution < -0.4 is 21.3 Å². The summed E-state index contributed by atoms with van der Waals surface area (Å²) < 4.78 is 5.22. The van der Waals surface area contributed by atoms with Gasteiger partial charge in [-0.1, -0.05) is 101 Å². The molecule has 4 amide bonds. The summed E-state index contributed by atoms with van der Waals surface area (Å²) in [4.78, 5) is 46.5. The third-order valence-corrected chi connectivity index (χ3v) is 7.12. The van der Waals surface area contributed by atoms with Crippen molar-refractivity contribution in [3.05, 3.63) is 71.8 Å². The van der Waals surface area contributed by atoms with Gasteiger partial charge in [0, 0.05) is 19.1 Å². The number of rotatable bonds is 15. The highest BCUT2D eigenvalue weighted by molar-refractivity contribution is 6.43. The zero-order chi connectivity index (χ0) is 37.7. The van der Waals surface area contributed by atoms with Crippen molar-refractivity contribution >= 4 is 31.3 Å². The van der Waals surface area contributed by atoms with Gasteiger partial charge < -0.3 is 36.1 Å². The maximum absolute atomic E-state index is 11.7. The molecule has 1 fully saturated rings.